The molecule has 1 aromatic heterocycles. The molecule has 2 amide bonds. The summed E-state index contributed by atoms with van der Waals surface area (Å²) in [6.45, 7) is 3.70. The van der Waals surface area contributed by atoms with Gasteiger partial charge in [0.2, 0.25) is 0 Å². The van der Waals surface area contributed by atoms with E-state index in [9.17, 15) is 9.18 Å². The Bertz CT molecular complexity index is 568. The molecule has 2 aromatic rings. The molecule has 0 spiro atoms. The van der Waals surface area contributed by atoms with Crippen molar-refractivity contribution in [2.45, 2.75) is 19.9 Å². The molecule has 2 rings (SSSR count). The topological polar surface area (TPSA) is 54.0 Å². The molecule has 1 aromatic carbocycles. The van der Waals surface area contributed by atoms with Crippen LogP contribution in [0.2, 0.25) is 0 Å². The van der Waals surface area contributed by atoms with E-state index in [2.05, 4.69) is 15.6 Å². The number of aryl methyl sites for hydroxylation is 1. The second-order valence-electron chi connectivity index (χ2n) is 4.17. The maximum Gasteiger partial charge on any atom is 0.321 e. The largest absolute Gasteiger partial charge is 0.331 e. The van der Waals surface area contributed by atoms with E-state index in [1.54, 1.807) is 12.1 Å². The normalized spacial score (nSPS) is 11.9. The van der Waals surface area contributed by atoms with Gasteiger partial charge in [0, 0.05) is 5.38 Å². The zero-order valence-corrected chi connectivity index (χ0v) is 11.4. The minimum absolute atomic E-state index is 0.207. The molecule has 0 saturated carbocycles. The van der Waals surface area contributed by atoms with Crippen molar-refractivity contribution in [3.8, 4) is 0 Å². The molecule has 0 radical (unpaired) electrons. The molecular weight excluding hydrogens is 265 g/mol. The number of hydrogen-bond donors (Lipinski definition) is 2. The van der Waals surface area contributed by atoms with Crippen LogP contribution in [0.25, 0.3) is 0 Å². The van der Waals surface area contributed by atoms with Gasteiger partial charge in [0.15, 0.2) is 5.13 Å². The molecule has 4 nitrogen and oxygen atoms in total. The zero-order valence-electron chi connectivity index (χ0n) is 10.6. The van der Waals surface area contributed by atoms with Gasteiger partial charge in [-0.05, 0) is 31.5 Å². The molecular formula is C13H14FN3OS. The Morgan fingerprint density at radius 1 is 1.37 bits per heavy atom. The second-order valence-corrected chi connectivity index (χ2v) is 5.02. The number of urea groups is 1. The number of hydrogen-bond acceptors (Lipinski definition) is 3. The highest BCUT2D eigenvalue weighted by molar-refractivity contribution is 7.13. The van der Waals surface area contributed by atoms with Crippen molar-refractivity contribution in [3.05, 3.63) is 46.7 Å². The Labute approximate surface area is 114 Å². The highest BCUT2D eigenvalue weighted by Crippen LogP contribution is 2.16. The van der Waals surface area contributed by atoms with Crippen LogP contribution in [-0.4, -0.2) is 11.0 Å². The van der Waals surface area contributed by atoms with Gasteiger partial charge >= 0.3 is 6.03 Å². The third-order valence-electron chi connectivity index (χ3n) is 2.56. The molecule has 1 unspecified atom stereocenters. The third-order valence-corrected chi connectivity index (χ3v) is 3.43. The summed E-state index contributed by atoms with van der Waals surface area (Å²) < 4.78 is 12.8. The number of benzene rings is 1. The van der Waals surface area contributed by atoms with Gasteiger partial charge in [-0.3, -0.25) is 5.32 Å². The van der Waals surface area contributed by atoms with E-state index in [0.717, 1.165) is 11.3 Å². The van der Waals surface area contributed by atoms with Crippen LogP contribution < -0.4 is 10.6 Å². The van der Waals surface area contributed by atoms with Crippen molar-refractivity contribution >= 4 is 22.5 Å². The predicted molar refractivity (Wildman–Crippen MR) is 73.8 cm³/mol. The number of rotatable bonds is 3. The fraction of sp³-hybridized carbons (Fsp3) is 0.231. The summed E-state index contributed by atoms with van der Waals surface area (Å²) in [5.41, 5.74) is 1.71. The quantitative estimate of drug-likeness (QED) is 0.903. The van der Waals surface area contributed by atoms with E-state index >= 15 is 0 Å². The van der Waals surface area contributed by atoms with Crippen molar-refractivity contribution in [3.63, 3.8) is 0 Å². The molecule has 0 saturated heterocycles. The molecule has 2 N–H and O–H groups in total. The summed E-state index contributed by atoms with van der Waals surface area (Å²) in [4.78, 5) is 15.9. The van der Waals surface area contributed by atoms with Crippen molar-refractivity contribution in [2.24, 2.45) is 0 Å². The number of carbonyl (C=O) groups is 1. The first-order valence-corrected chi connectivity index (χ1v) is 6.67. The van der Waals surface area contributed by atoms with Crippen LogP contribution in [0.15, 0.2) is 29.6 Å². The van der Waals surface area contributed by atoms with Gasteiger partial charge in [0.05, 0.1) is 11.7 Å². The molecule has 1 atom stereocenters. The smallest absolute Gasteiger partial charge is 0.321 e. The first kappa shape index (κ1) is 13.5. The van der Waals surface area contributed by atoms with Crippen molar-refractivity contribution in [2.75, 3.05) is 5.32 Å². The highest BCUT2D eigenvalue weighted by atomic mass is 32.1. The molecule has 0 aliphatic rings. The molecule has 1 heterocycles. The molecule has 0 aliphatic carbocycles. The predicted octanol–water partition coefficient (Wildman–Crippen LogP) is 3.47. The summed E-state index contributed by atoms with van der Waals surface area (Å²) in [6, 6.07) is 5.50. The number of anilines is 1. The van der Waals surface area contributed by atoms with Crippen molar-refractivity contribution in [1.82, 2.24) is 10.3 Å². The van der Waals surface area contributed by atoms with Crippen LogP contribution in [-0.2, 0) is 0 Å². The summed E-state index contributed by atoms with van der Waals surface area (Å²) in [7, 11) is 0. The Kier molecular flexibility index (Phi) is 4.11. The Balaban J connectivity index is 1.93. The van der Waals surface area contributed by atoms with E-state index in [-0.39, 0.29) is 17.9 Å². The van der Waals surface area contributed by atoms with Gasteiger partial charge < -0.3 is 5.32 Å². The maximum absolute atomic E-state index is 12.8. The summed E-state index contributed by atoms with van der Waals surface area (Å²) in [5.74, 6) is -0.293. The van der Waals surface area contributed by atoms with Crippen LogP contribution in [0.3, 0.4) is 0 Å². The fourth-order valence-corrected chi connectivity index (χ4v) is 2.26. The number of nitrogens with zero attached hydrogens (tertiary/aromatic N) is 1. The van der Waals surface area contributed by atoms with E-state index in [1.165, 1.54) is 23.5 Å². The van der Waals surface area contributed by atoms with Crippen molar-refractivity contribution in [1.29, 1.82) is 0 Å². The SMILES string of the molecule is Cc1csc(NC(=O)NC(C)c2ccc(F)cc2)n1. The van der Waals surface area contributed by atoms with Crippen LogP contribution in [0.4, 0.5) is 14.3 Å². The van der Waals surface area contributed by atoms with Crippen molar-refractivity contribution < 1.29 is 9.18 Å². The van der Waals surface area contributed by atoms with Crippen LogP contribution in [0.5, 0.6) is 0 Å². The standard InChI is InChI=1S/C13H14FN3OS/c1-8-7-19-13(15-8)17-12(18)16-9(2)10-3-5-11(14)6-4-10/h3-7,9H,1-2H3,(H2,15,16,17,18). The van der Waals surface area contributed by atoms with Crippen LogP contribution >= 0.6 is 11.3 Å². The van der Waals surface area contributed by atoms with E-state index < -0.39 is 0 Å². The number of amides is 2. The first-order valence-electron chi connectivity index (χ1n) is 5.79. The van der Waals surface area contributed by atoms with Gasteiger partial charge in [-0.15, -0.1) is 11.3 Å². The fourth-order valence-electron chi connectivity index (χ4n) is 1.58. The summed E-state index contributed by atoms with van der Waals surface area (Å²) >= 11 is 1.37. The average molecular weight is 279 g/mol. The molecule has 0 aliphatic heterocycles. The van der Waals surface area contributed by atoms with Gasteiger partial charge in [-0.25, -0.2) is 14.2 Å². The molecule has 6 heteroatoms. The minimum Gasteiger partial charge on any atom is -0.331 e. The number of thiazole rings is 1. The lowest BCUT2D eigenvalue weighted by molar-refractivity contribution is 0.249. The van der Waals surface area contributed by atoms with Gasteiger partial charge in [-0.1, -0.05) is 12.1 Å². The van der Waals surface area contributed by atoms with Gasteiger partial charge in [0.25, 0.3) is 0 Å². The van der Waals surface area contributed by atoms with Crippen LogP contribution in [0, 0.1) is 12.7 Å². The maximum atomic E-state index is 12.8. The molecule has 0 fully saturated rings. The van der Waals surface area contributed by atoms with Gasteiger partial charge in [-0.2, -0.15) is 0 Å². The summed E-state index contributed by atoms with van der Waals surface area (Å²) in [5, 5.41) is 7.84. The number of aromatic nitrogens is 1. The molecule has 19 heavy (non-hydrogen) atoms. The molecule has 0 bridgehead atoms. The average Bonchev–Trinajstić information content (AvgIpc) is 2.75. The summed E-state index contributed by atoms with van der Waals surface area (Å²) in [6.07, 6.45) is 0. The van der Waals surface area contributed by atoms with E-state index in [1.807, 2.05) is 19.2 Å². The van der Waals surface area contributed by atoms with Crippen LogP contribution in [0.1, 0.15) is 24.2 Å². The lowest BCUT2D eigenvalue weighted by atomic mass is 10.1. The number of carbonyl (C=O) groups excluding carboxylic acids is 1. The second kappa shape index (κ2) is 5.79. The monoisotopic (exact) mass is 279 g/mol. The van der Waals surface area contributed by atoms with E-state index in [4.69, 9.17) is 0 Å². The number of halogens is 1. The Morgan fingerprint density at radius 2 is 2.05 bits per heavy atom. The Morgan fingerprint density at radius 3 is 2.63 bits per heavy atom. The Hall–Kier alpha value is -1.95. The lowest BCUT2D eigenvalue weighted by Gasteiger charge is -2.14. The molecule has 100 valence electrons. The number of nitrogens with one attached hydrogen (secondary N) is 2. The lowest BCUT2D eigenvalue weighted by Crippen LogP contribution is -2.31. The van der Waals surface area contributed by atoms with Gasteiger partial charge in [0.1, 0.15) is 5.82 Å². The third kappa shape index (κ3) is 3.75. The zero-order chi connectivity index (χ0) is 13.8. The minimum atomic E-state index is -0.328. The van der Waals surface area contributed by atoms with E-state index in [0.29, 0.717) is 5.13 Å². The first-order chi connectivity index (χ1) is 9.04. The highest BCUT2D eigenvalue weighted by Gasteiger charge is 2.10.